The van der Waals surface area contributed by atoms with Gasteiger partial charge in [0.15, 0.2) is 11.2 Å². The van der Waals surface area contributed by atoms with Crippen LogP contribution in [0.3, 0.4) is 0 Å². The van der Waals surface area contributed by atoms with Crippen LogP contribution in [-0.4, -0.2) is 37.1 Å². The van der Waals surface area contributed by atoms with Gasteiger partial charge in [0.25, 0.3) is 5.56 Å². The Balaban J connectivity index is 2.09. The van der Waals surface area contributed by atoms with Crippen LogP contribution < -0.4 is 5.56 Å². The van der Waals surface area contributed by atoms with Crippen LogP contribution in [0.1, 0.15) is 26.3 Å². The molecule has 0 saturated carbocycles. The summed E-state index contributed by atoms with van der Waals surface area (Å²) in [6, 6.07) is 6.16. The highest BCUT2D eigenvalue weighted by atomic mass is 35.5. The molecule has 2 heterocycles. The maximum absolute atomic E-state index is 12.7. The summed E-state index contributed by atoms with van der Waals surface area (Å²) in [7, 11) is 0. The van der Waals surface area contributed by atoms with Crippen molar-refractivity contribution in [2.75, 3.05) is 6.61 Å². The molecule has 25 heavy (non-hydrogen) atoms. The maximum atomic E-state index is 12.7. The smallest absolute Gasteiger partial charge is 0.329 e. The Hall–Kier alpha value is -2.74. The molecule has 0 radical (unpaired) electrons. The predicted octanol–water partition coefficient (Wildman–Crippen LogP) is 2.14. The van der Waals surface area contributed by atoms with Gasteiger partial charge in [-0.05, 0) is 37.6 Å². The maximum Gasteiger partial charge on any atom is 0.329 e. The Morgan fingerprint density at radius 2 is 2.00 bits per heavy atom. The normalized spacial score (nSPS) is 12.3. The third-order valence-corrected chi connectivity index (χ3v) is 3.99. The summed E-state index contributed by atoms with van der Waals surface area (Å²) in [6.07, 6.45) is 1.72. The minimum absolute atomic E-state index is 0.0835. The number of fused-ring (bicyclic) bond motifs is 1. The fraction of sp³-hybridized carbons (Fsp3) is 0.312. The number of rotatable bonds is 5. The number of benzene rings is 1. The quantitative estimate of drug-likeness (QED) is 0.646. The summed E-state index contributed by atoms with van der Waals surface area (Å²) in [5.41, 5.74) is 0.626. The van der Waals surface area contributed by atoms with Crippen LogP contribution in [0.5, 0.6) is 0 Å². The molecule has 0 aliphatic heterocycles. The van der Waals surface area contributed by atoms with Gasteiger partial charge in [-0.1, -0.05) is 23.7 Å². The molecule has 0 amide bonds. The van der Waals surface area contributed by atoms with E-state index in [0.29, 0.717) is 22.8 Å². The SMILES string of the molecule is CCOC(=O)[C@@H](CC)n1cnc2c(nnn2-c2ccc(Cl)cc2)c1=O. The van der Waals surface area contributed by atoms with Crippen molar-refractivity contribution in [2.24, 2.45) is 0 Å². The Morgan fingerprint density at radius 3 is 2.64 bits per heavy atom. The molecule has 8 nitrogen and oxygen atoms in total. The van der Waals surface area contributed by atoms with Crippen molar-refractivity contribution < 1.29 is 9.53 Å². The summed E-state index contributed by atoms with van der Waals surface area (Å²) >= 11 is 5.89. The van der Waals surface area contributed by atoms with Crippen molar-refractivity contribution in [2.45, 2.75) is 26.3 Å². The van der Waals surface area contributed by atoms with E-state index in [1.54, 1.807) is 38.1 Å². The lowest BCUT2D eigenvalue weighted by Crippen LogP contribution is -2.31. The van der Waals surface area contributed by atoms with E-state index in [1.807, 2.05) is 0 Å². The van der Waals surface area contributed by atoms with E-state index in [0.717, 1.165) is 0 Å². The molecule has 9 heteroatoms. The molecule has 0 bridgehead atoms. The third kappa shape index (κ3) is 3.12. The van der Waals surface area contributed by atoms with Crippen LogP contribution in [0.2, 0.25) is 5.02 Å². The van der Waals surface area contributed by atoms with E-state index >= 15 is 0 Å². The Labute approximate surface area is 148 Å². The first-order chi connectivity index (χ1) is 12.1. The van der Waals surface area contributed by atoms with Gasteiger partial charge in [0.1, 0.15) is 12.4 Å². The number of carbonyl (C=O) groups excluding carboxylic acids is 1. The Bertz CT molecular complexity index is 964. The topological polar surface area (TPSA) is 91.9 Å². The molecule has 0 fully saturated rings. The molecular formula is C16H16ClN5O3. The zero-order valence-electron chi connectivity index (χ0n) is 13.7. The van der Waals surface area contributed by atoms with E-state index in [2.05, 4.69) is 15.3 Å². The first kappa shape index (κ1) is 17.1. The summed E-state index contributed by atoms with van der Waals surface area (Å²) in [5.74, 6) is -0.474. The van der Waals surface area contributed by atoms with Crippen molar-refractivity contribution in [3.05, 3.63) is 46.0 Å². The van der Waals surface area contributed by atoms with E-state index in [4.69, 9.17) is 16.3 Å². The standard InChI is InChI=1S/C16H16ClN5O3/c1-3-12(16(24)25-4-2)21-9-18-14-13(15(21)23)19-20-22(14)11-7-5-10(17)6-8-11/h5-9,12H,3-4H2,1-2H3/t12-/m1/s1. The minimum Gasteiger partial charge on any atom is -0.464 e. The molecule has 0 saturated heterocycles. The second-order valence-electron chi connectivity index (χ2n) is 5.28. The molecular weight excluding hydrogens is 346 g/mol. The average molecular weight is 362 g/mol. The predicted molar refractivity (Wildman–Crippen MR) is 91.9 cm³/mol. The fourth-order valence-corrected chi connectivity index (χ4v) is 2.64. The van der Waals surface area contributed by atoms with Crippen LogP contribution in [-0.2, 0) is 9.53 Å². The van der Waals surface area contributed by atoms with Gasteiger partial charge in [0, 0.05) is 5.02 Å². The molecule has 1 aromatic carbocycles. The highest BCUT2D eigenvalue weighted by Crippen LogP contribution is 2.17. The number of ether oxygens (including phenoxy) is 1. The first-order valence-corrected chi connectivity index (χ1v) is 8.19. The molecule has 0 spiro atoms. The monoisotopic (exact) mass is 361 g/mol. The van der Waals surface area contributed by atoms with Gasteiger partial charge in [0.05, 0.1) is 12.3 Å². The number of aromatic nitrogens is 5. The number of hydrogen-bond acceptors (Lipinski definition) is 6. The van der Waals surface area contributed by atoms with Crippen LogP contribution in [0.15, 0.2) is 35.4 Å². The van der Waals surface area contributed by atoms with Crippen molar-refractivity contribution in [1.29, 1.82) is 0 Å². The molecule has 130 valence electrons. The molecule has 2 aromatic heterocycles. The van der Waals surface area contributed by atoms with Crippen LogP contribution in [0.25, 0.3) is 16.9 Å². The average Bonchev–Trinajstić information content (AvgIpc) is 3.03. The summed E-state index contributed by atoms with van der Waals surface area (Å²) in [5, 5.41) is 8.51. The van der Waals surface area contributed by atoms with Gasteiger partial charge in [-0.3, -0.25) is 9.36 Å². The van der Waals surface area contributed by atoms with E-state index in [9.17, 15) is 9.59 Å². The van der Waals surface area contributed by atoms with Crippen molar-refractivity contribution in [3.63, 3.8) is 0 Å². The lowest BCUT2D eigenvalue weighted by molar-refractivity contribution is -0.147. The zero-order chi connectivity index (χ0) is 18.0. The minimum atomic E-state index is -0.745. The number of carbonyl (C=O) groups is 1. The lowest BCUT2D eigenvalue weighted by Gasteiger charge is -2.15. The fourth-order valence-electron chi connectivity index (χ4n) is 2.52. The van der Waals surface area contributed by atoms with E-state index < -0.39 is 17.6 Å². The highest BCUT2D eigenvalue weighted by molar-refractivity contribution is 6.30. The van der Waals surface area contributed by atoms with Gasteiger partial charge in [0.2, 0.25) is 0 Å². The van der Waals surface area contributed by atoms with Gasteiger partial charge in [-0.2, -0.15) is 4.68 Å². The van der Waals surface area contributed by atoms with Gasteiger partial charge in [-0.25, -0.2) is 9.78 Å². The highest BCUT2D eigenvalue weighted by Gasteiger charge is 2.23. The van der Waals surface area contributed by atoms with Crippen molar-refractivity contribution in [3.8, 4) is 5.69 Å². The molecule has 0 N–H and O–H groups in total. The molecule has 0 aliphatic carbocycles. The van der Waals surface area contributed by atoms with Gasteiger partial charge < -0.3 is 4.74 Å². The number of nitrogens with zero attached hydrogens (tertiary/aromatic N) is 5. The number of esters is 1. The van der Waals surface area contributed by atoms with E-state index in [-0.39, 0.29) is 12.1 Å². The summed E-state index contributed by atoms with van der Waals surface area (Å²) in [6.45, 7) is 3.75. The van der Waals surface area contributed by atoms with Crippen molar-refractivity contribution >= 4 is 28.7 Å². The van der Waals surface area contributed by atoms with Crippen LogP contribution in [0.4, 0.5) is 0 Å². The molecule has 3 rings (SSSR count). The van der Waals surface area contributed by atoms with Gasteiger partial charge >= 0.3 is 5.97 Å². The zero-order valence-corrected chi connectivity index (χ0v) is 14.5. The van der Waals surface area contributed by atoms with Gasteiger partial charge in [-0.15, -0.1) is 5.10 Å². The second kappa shape index (κ2) is 7.02. The van der Waals surface area contributed by atoms with Crippen molar-refractivity contribution in [1.82, 2.24) is 24.5 Å². The Morgan fingerprint density at radius 1 is 1.28 bits per heavy atom. The first-order valence-electron chi connectivity index (χ1n) is 7.82. The lowest BCUT2D eigenvalue weighted by atomic mass is 10.2. The number of halogens is 1. The Kier molecular flexibility index (Phi) is 4.80. The molecule has 0 unspecified atom stereocenters. The van der Waals surface area contributed by atoms with Crippen LogP contribution >= 0.6 is 11.6 Å². The molecule has 1 atom stereocenters. The third-order valence-electron chi connectivity index (χ3n) is 3.74. The van der Waals surface area contributed by atoms with E-state index in [1.165, 1.54) is 15.6 Å². The molecule has 3 aromatic rings. The largest absolute Gasteiger partial charge is 0.464 e. The summed E-state index contributed by atoms with van der Waals surface area (Å²) in [4.78, 5) is 29.0. The summed E-state index contributed by atoms with van der Waals surface area (Å²) < 4.78 is 7.71. The number of hydrogen-bond donors (Lipinski definition) is 0. The second-order valence-corrected chi connectivity index (χ2v) is 5.72. The molecule has 0 aliphatic rings. The van der Waals surface area contributed by atoms with Crippen LogP contribution in [0, 0.1) is 0 Å².